The van der Waals surface area contributed by atoms with E-state index in [1.54, 1.807) is 48.5 Å². The van der Waals surface area contributed by atoms with Crippen LogP contribution in [0.4, 0.5) is 11.4 Å². The summed E-state index contributed by atoms with van der Waals surface area (Å²) >= 11 is 5.87. The molecule has 2 rings (SSSR count). The molecule has 0 aliphatic heterocycles. The van der Waals surface area contributed by atoms with E-state index in [9.17, 15) is 9.59 Å². The lowest BCUT2D eigenvalue weighted by Gasteiger charge is -2.11. The van der Waals surface area contributed by atoms with Gasteiger partial charge in [-0.3, -0.25) is 9.59 Å². The van der Waals surface area contributed by atoms with Gasteiger partial charge in [0, 0.05) is 28.4 Å². The lowest BCUT2D eigenvalue weighted by atomic mass is 10.2. The summed E-state index contributed by atoms with van der Waals surface area (Å²) in [6.45, 7) is 3.49. The predicted molar refractivity (Wildman–Crippen MR) is 95.5 cm³/mol. The first-order valence-corrected chi connectivity index (χ1v) is 7.91. The third-order valence-corrected chi connectivity index (χ3v) is 3.34. The maximum absolute atomic E-state index is 11.9. The average Bonchev–Trinajstić information content (AvgIpc) is 2.53. The molecule has 0 heterocycles. The number of hydrogen-bond donors (Lipinski definition) is 2. The van der Waals surface area contributed by atoms with Crippen LogP contribution in [0.5, 0.6) is 5.75 Å². The summed E-state index contributed by atoms with van der Waals surface area (Å²) in [7, 11) is 0. The molecule has 0 bridgehead atoms. The van der Waals surface area contributed by atoms with E-state index in [0.717, 1.165) is 0 Å². The molecule has 0 fully saturated rings. The van der Waals surface area contributed by atoms with Gasteiger partial charge in [-0.15, -0.1) is 0 Å². The minimum Gasteiger partial charge on any atom is -0.484 e. The van der Waals surface area contributed by atoms with Gasteiger partial charge in [-0.2, -0.15) is 0 Å². The molecule has 5 nitrogen and oxygen atoms in total. The molecule has 0 aliphatic carbocycles. The van der Waals surface area contributed by atoms with Crippen molar-refractivity contribution in [3.8, 4) is 5.75 Å². The van der Waals surface area contributed by atoms with Crippen LogP contribution in [0, 0.1) is 5.92 Å². The highest BCUT2D eigenvalue weighted by Gasteiger charge is 2.08. The Morgan fingerprint density at radius 3 is 2.38 bits per heavy atom. The molecule has 2 N–H and O–H groups in total. The highest BCUT2D eigenvalue weighted by Crippen LogP contribution is 2.18. The maximum Gasteiger partial charge on any atom is 0.262 e. The summed E-state index contributed by atoms with van der Waals surface area (Å²) in [5.41, 5.74) is 1.23. The molecule has 0 saturated heterocycles. The Kier molecular flexibility index (Phi) is 6.21. The zero-order valence-electron chi connectivity index (χ0n) is 13.5. The van der Waals surface area contributed by atoms with Gasteiger partial charge in [0.2, 0.25) is 5.91 Å². The van der Waals surface area contributed by atoms with Crippen molar-refractivity contribution in [2.75, 3.05) is 17.2 Å². The molecule has 6 heteroatoms. The monoisotopic (exact) mass is 346 g/mol. The Balaban J connectivity index is 1.89. The van der Waals surface area contributed by atoms with Crippen molar-refractivity contribution in [3.63, 3.8) is 0 Å². The van der Waals surface area contributed by atoms with Crippen LogP contribution in [0.2, 0.25) is 5.02 Å². The van der Waals surface area contributed by atoms with Gasteiger partial charge in [0.1, 0.15) is 5.75 Å². The Labute approximate surface area is 146 Å². The fourth-order valence-corrected chi connectivity index (χ4v) is 2.05. The number of nitrogens with one attached hydrogen (secondary N) is 2. The standard InChI is InChI=1S/C18H19ClN2O3/c1-12(2)18(23)21-15-7-4-8-16(10-15)24-11-17(22)20-14-6-3-5-13(19)9-14/h3-10,12H,11H2,1-2H3,(H,20,22)(H,21,23). The average molecular weight is 347 g/mol. The van der Waals surface area contributed by atoms with Crippen LogP contribution in [0.25, 0.3) is 0 Å². The van der Waals surface area contributed by atoms with Crippen LogP contribution < -0.4 is 15.4 Å². The normalized spacial score (nSPS) is 10.3. The maximum atomic E-state index is 11.9. The van der Waals surface area contributed by atoms with Crippen molar-refractivity contribution < 1.29 is 14.3 Å². The van der Waals surface area contributed by atoms with Crippen molar-refractivity contribution in [2.45, 2.75) is 13.8 Å². The molecule has 0 aliphatic rings. The zero-order valence-corrected chi connectivity index (χ0v) is 14.3. The number of halogens is 1. The van der Waals surface area contributed by atoms with Crippen molar-refractivity contribution in [1.82, 2.24) is 0 Å². The van der Waals surface area contributed by atoms with E-state index in [1.165, 1.54) is 0 Å². The fraction of sp³-hybridized carbons (Fsp3) is 0.222. The zero-order chi connectivity index (χ0) is 17.5. The van der Waals surface area contributed by atoms with Crippen LogP contribution in [-0.2, 0) is 9.59 Å². The highest BCUT2D eigenvalue weighted by atomic mass is 35.5. The molecule has 2 aromatic rings. The summed E-state index contributed by atoms with van der Waals surface area (Å²) in [5.74, 6) is 0.00980. The molecule has 0 spiro atoms. The second kappa shape index (κ2) is 8.36. The third kappa shape index (κ3) is 5.59. The van der Waals surface area contributed by atoms with Crippen molar-refractivity contribution in [1.29, 1.82) is 0 Å². The molecular weight excluding hydrogens is 328 g/mol. The van der Waals surface area contributed by atoms with Crippen LogP contribution in [0.1, 0.15) is 13.8 Å². The Hall–Kier alpha value is -2.53. The number of carbonyl (C=O) groups excluding carboxylic acids is 2. The Morgan fingerprint density at radius 2 is 1.71 bits per heavy atom. The molecule has 2 aromatic carbocycles. The molecule has 0 saturated carbocycles. The SMILES string of the molecule is CC(C)C(=O)Nc1cccc(OCC(=O)Nc2cccc(Cl)c2)c1. The molecule has 0 radical (unpaired) electrons. The Morgan fingerprint density at radius 1 is 1.04 bits per heavy atom. The minimum atomic E-state index is -0.297. The number of benzene rings is 2. The molecular formula is C18H19ClN2O3. The van der Waals surface area contributed by atoms with Crippen molar-refractivity contribution in [3.05, 3.63) is 53.6 Å². The summed E-state index contributed by atoms with van der Waals surface area (Å²) in [5, 5.41) is 6.02. The summed E-state index contributed by atoms with van der Waals surface area (Å²) in [6.07, 6.45) is 0. The lowest BCUT2D eigenvalue weighted by molar-refractivity contribution is -0.119. The van der Waals surface area contributed by atoms with Gasteiger partial charge in [0.15, 0.2) is 6.61 Å². The van der Waals surface area contributed by atoms with Gasteiger partial charge in [-0.05, 0) is 30.3 Å². The topological polar surface area (TPSA) is 67.4 Å². The van der Waals surface area contributed by atoms with E-state index in [1.807, 2.05) is 13.8 Å². The number of rotatable bonds is 6. The largest absolute Gasteiger partial charge is 0.484 e. The van der Waals surface area contributed by atoms with E-state index < -0.39 is 0 Å². The quantitative estimate of drug-likeness (QED) is 0.832. The van der Waals surface area contributed by atoms with Gasteiger partial charge in [0.05, 0.1) is 0 Å². The number of carbonyl (C=O) groups is 2. The number of anilines is 2. The number of ether oxygens (including phenoxy) is 1. The lowest BCUT2D eigenvalue weighted by Crippen LogP contribution is -2.20. The first-order valence-electron chi connectivity index (χ1n) is 7.53. The molecule has 126 valence electrons. The van der Waals surface area contributed by atoms with E-state index in [2.05, 4.69) is 10.6 Å². The van der Waals surface area contributed by atoms with Gasteiger partial charge in [0.25, 0.3) is 5.91 Å². The third-order valence-electron chi connectivity index (χ3n) is 3.10. The summed E-state index contributed by atoms with van der Waals surface area (Å²) in [4.78, 5) is 23.6. The van der Waals surface area contributed by atoms with Crippen LogP contribution in [0.3, 0.4) is 0 Å². The van der Waals surface area contributed by atoms with Gasteiger partial charge in [-0.25, -0.2) is 0 Å². The van der Waals surface area contributed by atoms with Crippen LogP contribution >= 0.6 is 11.6 Å². The van der Waals surface area contributed by atoms with Gasteiger partial charge < -0.3 is 15.4 Å². The van der Waals surface area contributed by atoms with Gasteiger partial charge in [-0.1, -0.05) is 37.6 Å². The number of hydrogen-bond acceptors (Lipinski definition) is 3. The second-order valence-electron chi connectivity index (χ2n) is 5.52. The van der Waals surface area contributed by atoms with E-state index in [0.29, 0.717) is 22.1 Å². The molecule has 0 unspecified atom stereocenters. The molecule has 2 amide bonds. The second-order valence-corrected chi connectivity index (χ2v) is 5.96. The van der Waals surface area contributed by atoms with Crippen LogP contribution in [0.15, 0.2) is 48.5 Å². The van der Waals surface area contributed by atoms with Gasteiger partial charge >= 0.3 is 0 Å². The van der Waals surface area contributed by atoms with E-state index in [4.69, 9.17) is 16.3 Å². The summed E-state index contributed by atoms with van der Waals surface area (Å²) < 4.78 is 5.46. The van der Waals surface area contributed by atoms with Crippen molar-refractivity contribution in [2.24, 2.45) is 5.92 Å². The first kappa shape index (κ1) is 17.8. The highest BCUT2D eigenvalue weighted by molar-refractivity contribution is 6.30. The van der Waals surface area contributed by atoms with E-state index >= 15 is 0 Å². The molecule has 24 heavy (non-hydrogen) atoms. The number of amides is 2. The molecule has 0 aromatic heterocycles. The molecule has 0 atom stereocenters. The summed E-state index contributed by atoms with van der Waals surface area (Å²) in [6, 6.07) is 13.8. The fourth-order valence-electron chi connectivity index (χ4n) is 1.86. The minimum absolute atomic E-state index is 0.0779. The predicted octanol–water partition coefficient (Wildman–Crippen LogP) is 3.95. The van der Waals surface area contributed by atoms with Crippen LogP contribution in [-0.4, -0.2) is 18.4 Å². The van der Waals surface area contributed by atoms with Crippen molar-refractivity contribution >= 4 is 34.8 Å². The first-order chi connectivity index (χ1) is 11.4. The Bertz CT molecular complexity index is 732. The van der Waals surface area contributed by atoms with E-state index in [-0.39, 0.29) is 24.3 Å². The smallest absolute Gasteiger partial charge is 0.262 e.